The van der Waals surface area contributed by atoms with Crippen molar-refractivity contribution < 1.29 is 29.0 Å². The highest BCUT2D eigenvalue weighted by molar-refractivity contribution is 8.00. The van der Waals surface area contributed by atoms with Crippen molar-refractivity contribution in [2.45, 2.75) is 37.5 Å². The standard InChI is InChI=1S/C33H35N3O6S/c37-30(35-17-18-43-31(35)32(38)39)26-11-9-23(10-12-26)22-41-28-8-4-5-24(19-28)20-36(27-6-2-1-3-7-27)33(40)42-29-21-34-15-13-25(29)14-16-34/h1-12,19,25,29,31H,13-18,20-22H2,(H,38,39)/t29-,31-/m0/s1. The van der Waals surface area contributed by atoms with Crippen LogP contribution >= 0.6 is 11.8 Å². The van der Waals surface area contributed by atoms with E-state index in [-0.39, 0.29) is 18.1 Å². The third-order valence-corrected chi connectivity index (χ3v) is 9.54. The first-order chi connectivity index (χ1) is 20.9. The van der Waals surface area contributed by atoms with Gasteiger partial charge in [0.05, 0.1) is 6.54 Å². The van der Waals surface area contributed by atoms with Crippen LogP contribution in [0.15, 0.2) is 78.9 Å². The van der Waals surface area contributed by atoms with E-state index < -0.39 is 11.3 Å². The third kappa shape index (κ3) is 6.81. The Bertz CT molecular complexity index is 1440. The number of fused-ring (bicyclic) bond motifs is 3. The minimum atomic E-state index is -0.999. The SMILES string of the molecule is O=C(O)[C@@H]1SCCN1C(=O)c1ccc(COc2cccc(CN(C(=O)O[C@H]3CN4CCC3CC4)c3ccccc3)c2)cc1. The third-order valence-electron chi connectivity index (χ3n) is 8.35. The maximum Gasteiger partial charge on any atom is 0.414 e. The van der Waals surface area contributed by atoms with Crippen molar-refractivity contribution in [1.29, 1.82) is 0 Å². The van der Waals surface area contributed by atoms with Crippen LogP contribution in [0.2, 0.25) is 0 Å². The molecule has 9 nitrogen and oxygen atoms in total. The molecule has 0 spiro atoms. The highest BCUT2D eigenvalue weighted by Gasteiger charge is 2.38. The number of hydrogen-bond acceptors (Lipinski definition) is 7. The van der Waals surface area contributed by atoms with Gasteiger partial charge in [-0.15, -0.1) is 11.8 Å². The minimum Gasteiger partial charge on any atom is -0.489 e. The van der Waals surface area contributed by atoms with Gasteiger partial charge in [-0.05, 0) is 79.4 Å². The van der Waals surface area contributed by atoms with Crippen LogP contribution in [0.4, 0.5) is 10.5 Å². The second-order valence-corrected chi connectivity index (χ2v) is 12.4. The highest BCUT2D eigenvalue weighted by Crippen LogP contribution is 2.31. The van der Waals surface area contributed by atoms with Crippen molar-refractivity contribution in [2.24, 2.45) is 5.92 Å². The number of nitrogens with zero attached hydrogens (tertiary/aromatic N) is 3. The van der Waals surface area contributed by atoms with Gasteiger partial charge in [-0.1, -0.05) is 42.5 Å². The zero-order valence-corrected chi connectivity index (χ0v) is 24.7. The molecular weight excluding hydrogens is 566 g/mol. The molecule has 2 bridgehead atoms. The van der Waals surface area contributed by atoms with E-state index in [4.69, 9.17) is 9.47 Å². The Labute approximate surface area is 255 Å². The lowest BCUT2D eigenvalue weighted by Crippen LogP contribution is -2.53. The van der Waals surface area contributed by atoms with Crippen molar-refractivity contribution in [3.05, 3.63) is 95.6 Å². The Hall–Kier alpha value is -4.02. The molecule has 0 unspecified atom stereocenters. The fraction of sp³-hybridized carbons (Fsp3) is 0.364. The molecule has 2 atom stereocenters. The fourth-order valence-corrected chi connectivity index (χ4v) is 7.03. The van der Waals surface area contributed by atoms with Gasteiger partial charge in [-0.2, -0.15) is 0 Å². The number of amides is 2. The molecule has 2 amide bonds. The van der Waals surface area contributed by atoms with Gasteiger partial charge in [0.1, 0.15) is 18.5 Å². The molecule has 0 radical (unpaired) electrons. The van der Waals surface area contributed by atoms with E-state index in [1.54, 1.807) is 17.0 Å². The van der Waals surface area contributed by atoms with Crippen LogP contribution in [0.1, 0.15) is 34.3 Å². The van der Waals surface area contributed by atoms with Crippen LogP contribution in [0.25, 0.3) is 0 Å². The van der Waals surface area contributed by atoms with Crippen molar-refractivity contribution in [1.82, 2.24) is 9.80 Å². The summed E-state index contributed by atoms with van der Waals surface area (Å²) in [6.45, 7) is 4.02. The van der Waals surface area contributed by atoms with Gasteiger partial charge < -0.3 is 19.5 Å². The first-order valence-electron chi connectivity index (χ1n) is 14.7. The molecule has 0 aliphatic carbocycles. The molecule has 4 aliphatic rings. The van der Waals surface area contributed by atoms with E-state index in [0.29, 0.717) is 42.7 Å². The number of carbonyl (C=O) groups excluding carboxylic acids is 2. The summed E-state index contributed by atoms with van der Waals surface area (Å²) in [6.07, 6.45) is 1.73. The first kappa shape index (κ1) is 29.1. The van der Waals surface area contributed by atoms with Gasteiger partial charge >= 0.3 is 12.1 Å². The zero-order chi connectivity index (χ0) is 29.8. The molecule has 7 rings (SSSR count). The Morgan fingerprint density at radius 2 is 1.67 bits per heavy atom. The monoisotopic (exact) mass is 601 g/mol. The summed E-state index contributed by atoms with van der Waals surface area (Å²) >= 11 is 1.26. The number of rotatable bonds is 9. The smallest absolute Gasteiger partial charge is 0.414 e. The number of piperidine rings is 3. The number of carbonyl (C=O) groups is 3. The second-order valence-electron chi connectivity index (χ2n) is 11.2. The summed E-state index contributed by atoms with van der Waals surface area (Å²) in [5.74, 6) is 0.414. The molecule has 1 N–H and O–H groups in total. The summed E-state index contributed by atoms with van der Waals surface area (Å²) in [4.78, 5) is 43.3. The zero-order valence-electron chi connectivity index (χ0n) is 23.8. The first-order valence-corrected chi connectivity index (χ1v) is 15.7. The van der Waals surface area contributed by atoms with Gasteiger partial charge in [0.25, 0.3) is 5.91 Å². The molecule has 3 aromatic carbocycles. The van der Waals surface area contributed by atoms with Crippen molar-refractivity contribution >= 4 is 35.4 Å². The molecule has 224 valence electrons. The number of para-hydroxylation sites is 1. The number of thioether (sulfide) groups is 1. The molecule has 3 aromatic rings. The van der Waals surface area contributed by atoms with E-state index in [9.17, 15) is 19.5 Å². The van der Waals surface area contributed by atoms with E-state index in [1.807, 2.05) is 66.7 Å². The second kappa shape index (κ2) is 13.1. The fourth-order valence-electron chi connectivity index (χ4n) is 5.98. The van der Waals surface area contributed by atoms with Gasteiger partial charge in [0.2, 0.25) is 0 Å². The Morgan fingerprint density at radius 1 is 0.907 bits per heavy atom. The molecular formula is C33H35N3O6S. The maximum absolute atomic E-state index is 13.5. The van der Waals surface area contributed by atoms with Crippen molar-refractivity contribution in [3.63, 3.8) is 0 Å². The molecule has 10 heteroatoms. The van der Waals surface area contributed by atoms with Crippen LogP contribution in [0.5, 0.6) is 5.75 Å². The van der Waals surface area contributed by atoms with Crippen LogP contribution in [-0.4, -0.2) is 76.3 Å². The Balaban J connectivity index is 1.09. The topological polar surface area (TPSA) is 99.6 Å². The molecule has 4 fully saturated rings. The maximum atomic E-state index is 13.5. The summed E-state index contributed by atoms with van der Waals surface area (Å²) in [7, 11) is 0. The van der Waals surface area contributed by atoms with E-state index in [2.05, 4.69) is 4.90 Å². The number of aliphatic carboxylic acids is 1. The van der Waals surface area contributed by atoms with Crippen molar-refractivity contribution in [2.75, 3.05) is 36.8 Å². The number of benzene rings is 3. The molecule has 43 heavy (non-hydrogen) atoms. The number of carboxylic acids is 1. The molecule has 4 heterocycles. The van der Waals surface area contributed by atoms with Crippen molar-refractivity contribution in [3.8, 4) is 5.75 Å². The lowest BCUT2D eigenvalue weighted by molar-refractivity contribution is -0.138. The molecule has 4 saturated heterocycles. The van der Waals surface area contributed by atoms with Crippen LogP contribution in [-0.2, 0) is 22.7 Å². The lowest BCUT2D eigenvalue weighted by Gasteiger charge is -2.44. The number of anilines is 1. The number of hydrogen-bond donors (Lipinski definition) is 1. The minimum absolute atomic E-state index is 0.0783. The van der Waals surface area contributed by atoms with Gasteiger partial charge in [-0.3, -0.25) is 14.6 Å². The molecule has 0 aromatic heterocycles. The summed E-state index contributed by atoms with van der Waals surface area (Å²) in [6, 6.07) is 24.3. The van der Waals surface area contributed by atoms with Crippen LogP contribution in [0, 0.1) is 5.92 Å². The average Bonchev–Trinajstić information content (AvgIpc) is 3.54. The summed E-state index contributed by atoms with van der Waals surface area (Å²) < 4.78 is 12.2. The van der Waals surface area contributed by atoms with Crippen LogP contribution < -0.4 is 9.64 Å². The Morgan fingerprint density at radius 3 is 2.37 bits per heavy atom. The highest BCUT2D eigenvalue weighted by atomic mass is 32.2. The summed E-state index contributed by atoms with van der Waals surface area (Å²) in [5.41, 5.74) is 3.01. The van der Waals surface area contributed by atoms with Gasteiger partial charge in [0, 0.05) is 30.1 Å². The lowest BCUT2D eigenvalue weighted by atomic mass is 9.86. The van der Waals surface area contributed by atoms with Crippen LogP contribution in [0.3, 0.4) is 0 Å². The predicted molar refractivity (Wildman–Crippen MR) is 164 cm³/mol. The molecule has 0 saturated carbocycles. The number of carboxylic acid groups (broad SMARTS) is 1. The average molecular weight is 602 g/mol. The quantitative estimate of drug-likeness (QED) is 0.362. The van der Waals surface area contributed by atoms with E-state index >= 15 is 0 Å². The van der Waals surface area contributed by atoms with E-state index in [1.165, 1.54) is 16.7 Å². The largest absolute Gasteiger partial charge is 0.489 e. The van der Waals surface area contributed by atoms with Gasteiger partial charge in [-0.25, -0.2) is 9.59 Å². The van der Waals surface area contributed by atoms with Gasteiger partial charge in [0.15, 0.2) is 5.37 Å². The predicted octanol–water partition coefficient (Wildman–Crippen LogP) is 5.10. The Kier molecular flexibility index (Phi) is 8.85. The summed E-state index contributed by atoms with van der Waals surface area (Å²) in [5, 5.41) is 8.54. The normalized spacial score (nSPS) is 22.7. The number of ether oxygens (including phenoxy) is 2. The molecule has 4 aliphatic heterocycles. The van der Waals surface area contributed by atoms with E-state index in [0.717, 1.165) is 49.3 Å².